The van der Waals surface area contributed by atoms with Crippen molar-refractivity contribution in [2.45, 2.75) is 0 Å². The van der Waals surface area contributed by atoms with Crippen LogP contribution >= 0.6 is 35.4 Å². The van der Waals surface area contributed by atoms with E-state index in [0.29, 0.717) is 21.3 Å². The lowest BCUT2D eigenvalue weighted by Crippen LogP contribution is -2.12. The molecule has 0 aliphatic heterocycles. The monoisotopic (exact) mass is 314 g/mol. The van der Waals surface area contributed by atoms with Crippen LogP contribution in [0.1, 0.15) is 5.56 Å². The number of thiocarbonyl (C=S) groups is 1. The number of anilines is 2. The molecule has 19 heavy (non-hydrogen) atoms. The van der Waals surface area contributed by atoms with Crippen molar-refractivity contribution in [1.82, 2.24) is 0 Å². The molecular formula is C13H9Cl2FN2S. The van der Waals surface area contributed by atoms with E-state index in [1.165, 1.54) is 12.1 Å². The Kier molecular flexibility index (Phi) is 4.24. The lowest BCUT2D eigenvalue weighted by molar-refractivity contribution is 0.632. The average Bonchev–Trinajstić information content (AvgIpc) is 2.34. The number of nitrogens with one attached hydrogen (secondary N) is 1. The number of nitrogens with two attached hydrogens (primary N) is 1. The second-order valence-electron chi connectivity index (χ2n) is 3.80. The Morgan fingerprint density at radius 2 is 1.63 bits per heavy atom. The van der Waals surface area contributed by atoms with E-state index in [2.05, 4.69) is 5.32 Å². The van der Waals surface area contributed by atoms with Crippen molar-refractivity contribution in [1.29, 1.82) is 0 Å². The molecule has 3 N–H and O–H groups in total. The second kappa shape index (κ2) is 5.74. The van der Waals surface area contributed by atoms with E-state index < -0.39 is 5.82 Å². The summed E-state index contributed by atoms with van der Waals surface area (Å²) in [7, 11) is 0. The molecule has 0 saturated heterocycles. The summed E-state index contributed by atoms with van der Waals surface area (Å²) in [6.07, 6.45) is 0. The molecule has 2 aromatic rings. The first-order chi connectivity index (χ1) is 8.97. The van der Waals surface area contributed by atoms with Crippen molar-refractivity contribution in [3.05, 3.63) is 57.8 Å². The van der Waals surface area contributed by atoms with Gasteiger partial charge in [-0.1, -0.05) is 35.4 Å². The van der Waals surface area contributed by atoms with Gasteiger partial charge >= 0.3 is 0 Å². The molecule has 0 aliphatic carbocycles. The highest BCUT2D eigenvalue weighted by molar-refractivity contribution is 7.80. The molecule has 0 bridgehead atoms. The minimum atomic E-state index is -0.462. The van der Waals surface area contributed by atoms with Crippen molar-refractivity contribution >= 4 is 51.8 Å². The fourth-order valence-electron chi connectivity index (χ4n) is 1.57. The van der Waals surface area contributed by atoms with E-state index >= 15 is 0 Å². The number of rotatable bonds is 3. The summed E-state index contributed by atoms with van der Waals surface area (Å²) >= 11 is 16.5. The lowest BCUT2D eigenvalue weighted by atomic mass is 10.1. The van der Waals surface area contributed by atoms with Crippen LogP contribution in [-0.2, 0) is 0 Å². The maximum Gasteiger partial charge on any atom is 0.148 e. The average molecular weight is 315 g/mol. The Morgan fingerprint density at radius 1 is 1.05 bits per heavy atom. The molecule has 0 heterocycles. The third-order valence-corrected chi connectivity index (χ3v) is 3.14. The zero-order valence-electron chi connectivity index (χ0n) is 9.58. The fraction of sp³-hybridized carbons (Fsp3) is 0. The highest BCUT2D eigenvalue weighted by atomic mass is 35.5. The summed E-state index contributed by atoms with van der Waals surface area (Å²) in [6.45, 7) is 0. The third kappa shape index (κ3) is 3.35. The van der Waals surface area contributed by atoms with Crippen molar-refractivity contribution in [2.75, 3.05) is 5.32 Å². The molecule has 0 aromatic heterocycles. The Labute approximate surface area is 125 Å². The standard InChI is InChI=1S/C13H9Cl2FN2S/c14-7-1-3-11(9(5-7)13(17)19)18-12-4-2-8(15)6-10(12)16/h1-6,18H,(H2,17,19). The van der Waals surface area contributed by atoms with E-state index in [-0.39, 0.29) is 10.7 Å². The topological polar surface area (TPSA) is 38.0 Å². The number of halogens is 3. The van der Waals surface area contributed by atoms with Crippen LogP contribution in [0, 0.1) is 5.82 Å². The quantitative estimate of drug-likeness (QED) is 0.819. The molecule has 2 aromatic carbocycles. The van der Waals surface area contributed by atoms with Crippen molar-refractivity contribution < 1.29 is 4.39 Å². The van der Waals surface area contributed by atoms with Crippen LogP contribution in [0.3, 0.4) is 0 Å². The SMILES string of the molecule is NC(=S)c1cc(Cl)ccc1Nc1ccc(Cl)cc1F. The lowest BCUT2D eigenvalue weighted by Gasteiger charge is -2.12. The van der Waals surface area contributed by atoms with E-state index in [1.54, 1.807) is 24.3 Å². The Hall–Kier alpha value is -1.36. The van der Waals surface area contributed by atoms with Gasteiger partial charge in [-0.15, -0.1) is 0 Å². The van der Waals surface area contributed by atoms with Gasteiger partial charge < -0.3 is 11.1 Å². The molecule has 0 amide bonds. The first kappa shape index (κ1) is 14.1. The molecule has 0 radical (unpaired) electrons. The van der Waals surface area contributed by atoms with Crippen molar-refractivity contribution in [3.63, 3.8) is 0 Å². The first-order valence-corrected chi connectivity index (χ1v) is 6.45. The van der Waals surface area contributed by atoms with Gasteiger partial charge in [0.05, 0.1) is 5.69 Å². The molecule has 2 rings (SSSR count). The summed E-state index contributed by atoms with van der Waals surface area (Å²) in [6, 6.07) is 9.32. The van der Waals surface area contributed by atoms with Gasteiger partial charge in [-0.25, -0.2) is 4.39 Å². The van der Waals surface area contributed by atoms with Crippen LogP contribution in [0.2, 0.25) is 10.0 Å². The molecule has 0 atom stereocenters. The molecule has 98 valence electrons. The third-order valence-electron chi connectivity index (χ3n) is 2.45. The number of hydrogen-bond donors (Lipinski definition) is 2. The van der Waals surface area contributed by atoms with E-state index in [0.717, 1.165) is 0 Å². The highest BCUT2D eigenvalue weighted by Gasteiger charge is 2.09. The molecule has 6 heteroatoms. The summed E-state index contributed by atoms with van der Waals surface area (Å²) < 4.78 is 13.7. The Bertz CT molecular complexity index is 647. The van der Waals surface area contributed by atoms with Gasteiger partial charge in [-0.2, -0.15) is 0 Å². The molecule has 0 spiro atoms. The Balaban J connectivity index is 2.40. The van der Waals surface area contributed by atoms with Crippen molar-refractivity contribution in [2.24, 2.45) is 5.73 Å². The first-order valence-electron chi connectivity index (χ1n) is 5.29. The number of benzene rings is 2. The highest BCUT2D eigenvalue weighted by Crippen LogP contribution is 2.27. The normalized spacial score (nSPS) is 10.3. The molecule has 0 saturated carbocycles. The predicted octanol–water partition coefficient (Wildman–Crippen LogP) is 4.51. The second-order valence-corrected chi connectivity index (χ2v) is 5.12. The largest absolute Gasteiger partial charge is 0.389 e. The zero-order valence-corrected chi connectivity index (χ0v) is 11.9. The maximum atomic E-state index is 13.7. The zero-order chi connectivity index (χ0) is 14.0. The van der Waals surface area contributed by atoms with Gasteiger partial charge in [-0.05, 0) is 36.4 Å². The predicted molar refractivity (Wildman–Crippen MR) is 82.0 cm³/mol. The summed E-state index contributed by atoms with van der Waals surface area (Å²) in [5.74, 6) is -0.462. The molecular weight excluding hydrogens is 306 g/mol. The molecule has 0 unspecified atom stereocenters. The van der Waals surface area contributed by atoms with Crippen LogP contribution in [0.4, 0.5) is 15.8 Å². The van der Waals surface area contributed by atoms with E-state index in [9.17, 15) is 4.39 Å². The van der Waals surface area contributed by atoms with Crippen LogP contribution in [0.15, 0.2) is 36.4 Å². The minimum absolute atomic E-state index is 0.180. The summed E-state index contributed by atoms with van der Waals surface area (Å²) in [5.41, 5.74) is 7.03. The van der Waals surface area contributed by atoms with Gasteiger partial charge in [0, 0.05) is 21.3 Å². The van der Waals surface area contributed by atoms with Crippen LogP contribution in [0.25, 0.3) is 0 Å². The number of hydrogen-bond acceptors (Lipinski definition) is 2. The van der Waals surface area contributed by atoms with Crippen LogP contribution in [0.5, 0.6) is 0 Å². The molecule has 2 nitrogen and oxygen atoms in total. The van der Waals surface area contributed by atoms with Gasteiger partial charge in [0.2, 0.25) is 0 Å². The van der Waals surface area contributed by atoms with E-state index in [1.807, 2.05) is 0 Å². The minimum Gasteiger partial charge on any atom is -0.389 e. The van der Waals surface area contributed by atoms with Gasteiger partial charge in [0.1, 0.15) is 10.8 Å². The summed E-state index contributed by atoms with van der Waals surface area (Å²) in [4.78, 5) is 0.180. The van der Waals surface area contributed by atoms with Crippen LogP contribution < -0.4 is 11.1 Å². The van der Waals surface area contributed by atoms with Gasteiger partial charge in [0.25, 0.3) is 0 Å². The van der Waals surface area contributed by atoms with Gasteiger partial charge in [-0.3, -0.25) is 0 Å². The molecule has 0 fully saturated rings. The summed E-state index contributed by atoms with van der Waals surface area (Å²) in [5, 5.41) is 3.75. The van der Waals surface area contributed by atoms with Crippen LogP contribution in [-0.4, -0.2) is 4.99 Å². The maximum absolute atomic E-state index is 13.7. The Morgan fingerprint density at radius 3 is 2.21 bits per heavy atom. The smallest absolute Gasteiger partial charge is 0.148 e. The molecule has 0 aliphatic rings. The van der Waals surface area contributed by atoms with Gasteiger partial charge in [0.15, 0.2) is 0 Å². The fourth-order valence-corrected chi connectivity index (χ4v) is 2.07. The van der Waals surface area contributed by atoms with Crippen molar-refractivity contribution in [3.8, 4) is 0 Å². The van der Waals surface area contributed by atoms with E-state index in [4.69, 9.17) is 41.2 Å².